The van der Waals surface area contributed by atoms with Crippen molar-refractivity contribution in [2.75, 3.05) is 50.2 Å². The Bertz CT molecular complexity index is 1260. The maximum atomic E-state index is 13.6. The number of carbonyl (C=O) groups is 2. The first-order chi connectivity index (χ1) is 17.5. The summed E-state index contributed by atoms with van der Waals surface area (Å²) in [6.45, 7) is 2.00. The number of nitrogens with one attached hydrogen (secondary N) is 1. The Kier molecular flexibility index (Phi) is 6.73. The van der Waals surface area contributed by atoms with Crippen molar-refractivity contribution in [2.24, 2.45) is 0 Å². The van der Waals surface area contributed by atoms with Gasteiger partial charge < -0.3 is 24.4 Å². The number of carbonyl (C=O) groups excluding carboxylic acids is 2. The highest BCUT2D eigenvalue weighted by molar-refractivity contribution is 6.12. The Morgan fingerprint density at radius 1 is 1.06 bits per heavy atom. The lowest BCUT2D eigenvalue weighted by atomic mass is 10.0. The summed E-state index contributed by atoms with van der Waals surface area (Å²) >= 11 is 0. The van der Waals surface area contributed by atoms with E-state index in [2.05, 4.69) is 5.32 Å². The minimum Gasteiger partial charge on any atom is -0.493 e. The van der Waals surface area contributed by atoms with Gasteiger partial charge in [0, 0.05) is 24.5 Å². The lowest BCUT2D eigenvalue weighted by Gasteiger charge is -2.38. The summed E-state index contributed by atoms with van der Waals surface area (Å²) in [5.41, 5.74) is 2.49. The van der Waals surface area contributed by atoms with Crippen molar-refractivity contribution in [2.45, 2.75) is 6.17 Å². The van der Waals surface area contributed by atoms with E-state index in [0.29, 0.717) is 54.7 Å². The number of hydrogen-bond acceptors (Lipinski definition) is 6. The highest BCUT2D eigenvalue weighted by Crippen LogP contribution is 2.39. The van der Waals surface area contributed by atoms with Crippen molar-refractivity contribution in [1.29, 1.82) is 0 Å². The second-order valence-electron chi connectivity index (χ2n) is 8.44. The molecule has 2 aliphatic heterocycles. The van der Waals surface area contributed by atoms with Gasteiger partial charge in [0.2, 0.25) is 0 Å². The van der Waals surface area contributed by atoms with Gasteiger partial charge in [0.1, 0.15) is 12.0 Å². The van der Waals surface area contributed by atoms with E-state index < -0.39 is 6.17 Å². The molecule has 186 valence electrons. The minimum atomic E-state index is -0.587. The monoisotopic (exact) mass is 491 g/mol. The molecule has 0 spiro atoms. The van der Waals surface area contributed by atoms with E-state index in [1.54, 1.807) is 46.2 Å². The predicted octanol–water partition coefficient (Wildman–Crippen LogP) is 3.84. The number of nitrogens with zero attached hydrogens (tertiary/aromatic N) is 2. The fourth-order valence-electron chi connectivity index (χ4n) is 4.37. The average molecular weight is 492 g/mol. The first-order valence-electron chi connectivity index (χ1n) is 11.7. The molecule has 3 aromatic carbocycles. The molecule has 1 unspecified atom stereocenters. The topological polar surface area (TPSA) is 80.3 Å². The molecule has 1 atom stereocenters. The predicted molar refractivity (Wildman–Crippen MR) is 132 cm³/mol. The number of methoxy groups -OCH3 is 1. The standard InChI is InChI=1S/C27H26FN3O5/c1-34-24-16-18(6-11-23(24)36-17-25(32)30-12-14-35-15-13-30)26-29-22-5-3-2-4-21(22)27(33)31(26)20-9-7-19(28)8-10-20/h2-11,16,26,29H,12-15,17H2,1H3. The number of para-hydroxylation sites is 1. The van der Waals surface area contributed by atoms with Gasteiger partial charge >= 0.3 is 0 Å². The molecule has 5 rings (SSSR count). The third-order valence-corrected chi connectivity index (χ3v) is 6.25. The molecule has 1 N–H and O–H groups in total. The summed E-state index contributed by atoms with van der Waals surface area (Å²) in [6.07, 6.45) is -0.587. The van der Waals surface area contributed by atoms with Gasteiger partial charge in [-0.15, -0.1) is 0 Å². The molecule has 2 aliphatic rings. The summed E-state index contributed by atoms with van der Waals surface area (Å²) < 4.78 is 30.3. The zero-order valence-corrected chi connectivity index (χ0v) is 19.8. The SMILES string of the molecule is COc1cc(C2Nc3ccccc3C(=O)N2c2ccc(F)cc2)ccc1OCC(=O)N1CCOCC1. The zero-order valence-electron chi connectivity index (χ0n) is 19.8. The van der Waals surface area contributed by atoms with Crippen molar-refractivity contribution in [1.82, 2.24) is 4.90 Å². The van der Waals surface area contributed by atoms with Crippen molar-refractivity contribution >= 4 is 23.2 Å². The van der Waals surface area contributed by atoms with Crippen LogP contribution in [0, 0.1) is 5.82 Å². The van der Waals surface area contributed by atoms with Gasteiger partial charge in [0.05, 0.1) is 25.9 Å². The van der Waals surface area contributed by atoms with Crippen LogP contribution in [0.2, 0.25) is 0 Å². The van der Waals surface area contributed by atoms with E-state index in [1.165, 1.54) is 19.2 Å². The van der Waals surface area contributed by atoms with E-state index in [9.17, 15) is 14.0 Å². The van der Waals surface area contributed by atoms with Crippen LogP contribution < -0.4 is 19.7 Å². The maximum Gasteiger partial charge on any atom is 0.262 e. The number of fused-ring (bicyclic) bond motifs is 1. The third-order valence-electron chi connectivity index (χ3n) is 6.25. The number of hydrogen-bond donors (Lipinski definition) is 1. The molecule has 3 aromatic rings. The van der Waals surface area contributed by atoms with Gasteiger partial charge in [0.15, 0.2) is 18.1 Å². The molecule has 8 nitrogen and oxygen atoms in total. The molecule has 0 saturated carbocycles. The highest BCUT2D eigenvalue weighted by Gasteiger charge is 2.34. The second kappa shape index (κ2) is 10.2. The van der Waals surface area contributed by atoms with Crippen molar-refractivity contribution in [3.05, 3.63) is 83.7 Å². The molecule has 1 saturated heterocycles. The maximum absolute atomic E-state index is 13.6. The highest BCUT2D eigenvalue weighted by atomic mass is 19.1. The lowest BCUT2D eigenvalue weighted by molar-refractivity contribution is -0.137. The first kappa shape index (κ1) is 23.6. The largest absolute Gasteiger partial charge is 0.493 e. The van der Waals surface area contributed by atoms with Gasteiger partial charge in [-0.2, -0.15) is 0 Å². The first-order valence-corrected chi connectivity index (χ1v) is 11.7. The molecule has 2 amide bonds. The van der Waals surface area contributed by atoms with Crippen LogP contribution in [0.15, 0.2) is 66.7 Å². The molecule has 0 aromatic heterocycles. The van der Waals surface area contributed by atoms with Crippen LogP contribution in [0.3, 0.4) is 0 Å². The van der Waals surface area contributed by atoms with Crippen LogP contribution in [0.1, 0.15) is 22.1 Å². The quantitative estimate of drug-likeness (QED) is 0.565. The van der Waals surface area contributed by atoms with E-state index in [0.717, 1.165) is 5.56 Å². The fourth-order valence-corrected chi connectivity index (χ4v) is 4.37. The minimum absolute atomic E-state index is 0.120. The van der Waals surface area contributed by atoms with Crippen LogP contribution in [-0.4, -0.2) is 56.7 Å². The molecule has 1 fully saturated rings. The summed E-state index contributed by atoms with van der Waals surface area (Å²) in [6, 6.07) is 18.3. The molecule has 0 radical (unpaired) electrons. The number of halogens is 1. The Morgan fingerprint density at radius 3 is 2.56 bits per heavy atom. The van der Waals surface area contributed by atoms with E-state index in [4.69, 9.17) is 14.2 Å². The molecule has 0 aliphatic carbocycles. The van der Waals surface area contributed by atoms with E-state index in [-0.39, 0.29) is 24.2 Å². The molecular formula is C27H26FN3O5. The average Bonchev–Trinajstić information content (AvgIpc) is 2.92. The number of ether oxygens (including phenoxy) is 3. The van der Waals surface area contributed by atoms with Crippen LogP contribution in [0.4, 0.5) is 15.8 Å². The summed E-state index contributed by atoms with van der Waals surface area (Å²) in [5.74, 6) is 0.121. The Hall–Kier alpha value is -4.11. The Balaban J connectivity index is 1.43. The van der Waals surface area contributed by atoms with Gasteiger partial charge in [-0.25, -0.2) is 4.39 Å². The van der Waals surface area contributed by atoms with Crippen LogP contribution in [-0.2, 0) is 9.53 Å². The molecule has 2 heterocycles. The number of rotatable bonds is 6. The van der Waals surface area contributed by atoms with Crippen molar-refractivity contribution < 1.29 is 28.2 Å². The Labute approximate surface area is 208 Å². The number of benzene rings is 3. The second-order valence-corrected chi connectivity index (χ2v) is 8.44. The molecular weight excluding hydrogens is 465 g/mol. The van der Waals surface area contributed by atoms with Crippen LogP contribution >= 0.6 is 0 Å². The smallest absolute Gasteiger partial charge is 0.262 e. The number of anilines is 2. The summed E-state index contributed by atoms with van der Waals surface area (Å²) in [5, 5.41) is 3.41. The van der Waals surface area contributed by atoms with Gasteiger partial charge in [-0.1, -0.05) is 18.2 Å². The molecule has 0 bridgehead atoms. The summed E-state index contributed by atoms with van der Waals surface area (Å²) in [7, 11) is 1.52. The zero-order chi connectivity index (χ0) is 25.1. The Morgan fingerprint density at radius 2 is 1.81 bits per heavy atom. The molecule has 36 heavy (non-hydrogen) atoms. The lowest BCUT2D eigenvalue weighted by Crippen LogP contribution is -2.43. The van der Waals surface area contributed by atoms with Crippen LogP contribution in [0.25, 0.3) is 0 Å². The molecule has 9 heteroatoms. The summed E-state index contributed by atoms with van der Waals surface area (Å²) in [4.78, 5) is 29.3. The number of morpholine rings is 1. The van der Waals surface area contributed by atoms with Gasteiger partial charge in [0.25, 0.3) is 11.8 Å². The van der Waals surface area contributed by atoms with Crippen LogP contribution in [0.5, 0.6) is 11.5 Å². The normalized spacial score (nSPS) is 17.3. The van der Waals surface area contributed by atoms with Crippen molar-refractivity contribution in [3.63, 3.8) is 0 Å². The van der Waals surface area contributed by atoms with Gasteiger partial charge in [-0.05, 0) is 54.1 Å². The fraction of sp³-hybridized carbons (Fsp3) is 0.259. The van der Waals surface area contributed by atoms with Gasteiger partial charge in [-0.3, -0.25) is 14.5 Å². The van der Waals surface area contributed by atoms with Crippen molar-refractivity contribution in [3.8, 4) is 11.5 Å². The third kappa shape index (κ3) is 4.70. The number of amides is 2. The van der Waals surface area contributed by atoms with E-state index in [1.807, 2.05) is 18.2 Å². The van der Waals surface area contributed by atoms with E-state index >= 15 is 0 Å².